The van der Waals surface area contributed by atoms with Gasteiger partial charge < -0.3 is 14.4 Å². The first-order chi connectivity index (χ1) is 14.0. The van der Waals surface area contributed by atoms with Crippen LogP contribution in [0.25, 0.3) is 11.3 Å². The van der Waals surface area contributed by atoms with Gasteiger partial charge in [-0.15, -0.1) is 0 Å². The molecule has 10 heteroatoms. The number of nitrogens with zero attached hydrogens (tertiary/aromatic N) is 4. The predicted molar refractivity (Wildman–Crippen MR) is 105 cm³/mol. The Morgan fingerprint density at radius 1 is 1.10 bits per heavy atom. The maximum atomic E-state index is 12.6. The number of aromatic nitrogens is 3. The summed E-state index contributed by atoms with van der Waals surface area (Å²) in [5.74, 6) is 0.362. The summed E-state index contributed by atoms with van der Waals surface area (Å²) in [5, 5.41) is 6.42. The summed E-state index contributed by atoms with van der Waals surface area (Å²) in [4.78, 5) is 16.3. The Hall–Kier alpha value is -2.98. The van der Waals surface area contributed by atoms with E-state index in [1.165, 1.54) is 21.4 Å². The number of rotatable bonds is 6. The number of sulfonamides is 1. The number of carbonyl (C=O) groups is 1. The van der Waals surface area contributed by atoms with E-state index < -0.39 is 10.0 Å². The lowest BCUT2D eigenvalue weighted by molar-refractivity contribution is -0.116. The van der Waals surface area contributed by atoms with Crippen LogP contribution in [0.3, 0.4) is 0 Å². The van der Waals surface area contributed by atoms with Crippen LogP contribution in [0.5, 0.6) is 0 Å². The molecule has 3 heterocycles. The van der Waals surface area contributed by atoms with Crippen LogP contribution in [0.1, 0.15) is 19.3 Å². The molecular formula is C19H21N5O4S. The zero-order chi connectivity index (χ0) is 20.3. The van der Waals surface area contributed by atoms with E-state index in [1.54, 1.807) is 24.4 Å². The van der Waals surface area contributed by atoms with E-state index in [0.717, 1.165) is 24.8 Å². The first-order valence-electron chi connectivity index (χ1n) is 9.35. The van der Waals surface area contributed by atoms with Gasteiger partial charge in [-0.25, -0.2) is 13.4 Å². The molecule has 0 unspecified atom stereocenters. The molecule has 2 aromatic heterocycles. The van der Waals surface area contributed by atoms with Crippen molar-refractivity contribution in [2.24, 2.45) is 0 Å². The van der Waals surface area contributed by atoms with Gasteiger partial charge in [0.05, 0.1) is 12.5 Å². The first kappa shape index (κ1) is 19.3. The molecule has 1 N–H and O–H groups in total. The lowest BCUT2D eigenvalue weighted by Gasteiger charge is -2.24. The summed E-state index contributed by atoms with van der Waals surface area (Å²) in [5.41, 5.74) is 1.47. The van der Waals surface area contributed by atoms with Crippen molar-refractivity contribution in [1.29, 1.82) is 0 Å². The Morgan fingerprint density at radius 2 is 1.86 bits per heavy atom. The maximum absolute atomic E-state index is 12.6. The molecule has 1 aliphatic rings. The molecule has 0 saturated carbocycles. The summed E-state index contributed by atoms with van der Waals surface area (Å²) < 4.78 is 33.3. The smallest absolute Gasteiger partial charge is 0.262 e. The van der Waals surface area contributed by atoms with Gasteiger partial charge in [0.1, 0.15) is 6.54 Å². The normalized spacial score (nSPS) is 15.3. The van der Waals surface area contributed by atoms with Crippen LogP contribution in [-0.2, 0) is 21.4 Å². The second-order valence-corrected chi connectivity index (χ2v) is 8.74. The Bertz CT molecular complexity index is 1070. The topological polar surface area (TPSA) is 110 Å². The van der Waals surface area contributed by atoms with E-state index in [1.807, 2.05) is 12.1 Å². The van der Waals surface area contributed by atoms with E-state index in [0.29, 0.717) is 24.5 Å². The maximum Gasteiger partial charge on any atom is 0.262 e. The van der Waals surface area contributed by atoms with Crippen molar-refractivity contribution in [3.63, 3.8) is 0 Å². The molecule has 0 radical (unpaired) electrons. The third-order valence-electron chi connectivity index (χ3n) is 4.75. The Morgan fingerprint density at radius 3 is 2.55 bits per heavy atom. The zero-order valence-electron chi connectivity index (χ0n) is 15.7. The Kier molecular flexibility index (Phi) is 5.45. The molecule has 0 bridgehead atoms. The van der Waals surface area contributed by atoms with Gasteiger partial charge in [-0.2, -0.15) is 4.31 Å². The molecule has 152 valence electrons. The number of benzene rings is 1. The first-order valence-corrected chi connectivity index (χ1v) is 10.8. The van der Waals surface area contributed by atoms with Gasteiger partial charge in [-0.05, 0) is 37.1 Å². The highest BCUT2D eigenvalue weighted by Gasteiger charge is 2.28. The van der Waals surface area contributed by atoms with E-state index in [-0.39, 0.29) is 17.5 Å². The number of hydrogen-bond acceptors (Lipinski definition) is 6. The van der Waals surface area contributed by atoms with Crippen molar-refractivity contribution in [3.8, 4) is 11.3 Å². The number of amides is 1. The van der Waals surface area contributed by atoms with Gasteiger partial charge in [-0.1, -0.05) is 11.6 Å². The molecule has 1 fully saturated rings. The van der Waals surface area contributed by atoms with Crippen molar-refractivity contribution in [1.82, 2.24) is 19.0 Å². The average molecular weight is 415 g/mol. The van der Waals surface area contributed by atoms with Crippen LogP contribution in [0.15, 0.2) is 58.6 Å². The zero-order valence-corrected chi connectivity index (χ0v) is 16.5. The molecule has 29 heavy (non-hydrogen) atoms. The molecule has 9 nitrogen and oxygen atoms in total. The summed E-state index contributed by atoms with van der Waals surface area (Å²) >= 11 is 0. The fraction of sp³-hybridized carbons (Fsp3) is 0.316. The highest BCUT2D eigenvalue weighted by molar-refractivity contribution is 7.89. The number of piperidine rings is 1. The van der Waals surface area contributed by atoms with E-state index in [4.69, 9.17) is 4.52 Å². The lowest BCUT2D eigenvalue weighted by Crippen LogP contribution is -2.35. The quantitative estimate of drug-likeness (QED) is 0.662. The monoisotopic (exact) mass is 415 g/mol. The average Bonchev–Trinajstić information content (AvgIpc) is 3.42. The summed E-state index contributed by atoms with van der Waals surface area (Å²) in [6, 6.07) is 8.90. The van der Waals surface area contributed by atoms with Crippen molar-refractivity contribution in [3.05, 3.63) is 49.1 Å². The number of nitrogens with one attached hydrogen (secondary N) is 1. The highest BCUT2D eigenvalue weighted by atomic mass is 32.2. The molecule has 1 aromatic carbocycles. The second kappa shape index (κ2) is 8.18. The van der Waals surface area contributed by atoms with E-state index in [2.05, 4.69) is 15.5 Å². The summed E-state index contributed by atoms with van der Waals surface area (Å²) in [7, 11) is -3.61. The molecule has 1 aliphatic heterocycles. The third kappa shape index (κ3) is 4.38. The number of carbonyl (C=O) groups excluding carboxylic acids is 1. The van der Waals surface area contributed by atoms with Crippen molar-refractivity contribution in [2.45, 2.75) is 30.8 Å². The SMILES string of the molecule is O=C(Cn1cnc(S(=O)(=O)N2CCCCC2)c1)Nc1ccc(-c2ccno2)cc1. The molecule has 4 rings (SSSR count). The van der Waals surface area contributed by atoms with Crippen LogP contribution in [-0.4, -0.2) is 46.4 Å². The number of hydrogen-bond donors (Lipinski definition) is 1. The minimum Gasteiger partial charge on any atom is -0.356 e. The summed E-state index contributed by atoms with van der Waals surface area (Å²) in [6.07, 6.45) is 7.09. The standard InChI is InChI=1S/C19H21N5O4S/c25-18(22-16-6-4-15(5-7-16)17-8-9-21-28-17)12-23-13-19(20-14-23)29(26,27)24-10-2-1-3-11-24/h4-9,13-14H,1-3,10-12H2,(H,22,25). The minimum absolute atomic E-state index is 0.0244. The van der Waals surface area contributed by atoms with E-state index in [9.17, 15) is 13.2 Å². The molecule has 1 amide bonds. The fourth-order valence-corrected chi connectivity index (χ4v) is 4.70. The largest absolute Gasteiger partial charge is 0.356 e. The van der Waals surface area contributed by atoms with Crippen LogP contribution in [0.2, 0.25) is 0 Å². The molecule has 1 saturated heterocycles. The van der Waals surface area contributed by atoms with Gasteiger partial charge in [0.15, 0.2) is 10.8 Å². The van der Waals surface area contributed by atoms with Crippen molar-refractivity contribution in [2.75, 3.05) is 18.4 Å². The highest BCUT2D eigenvalue weighted by Crippen LogP contribution is 2.21. The van der Waals surface area contributed by atoms with Gasteiger partial charge in [0.2, 0.25) is 5.91 Å². The Balaban J connectivity index is 1.38. The predicted octanol–water partition coefficient (Wildman–Crippen LogP) is 2.35. The van der Waals surface area contributed by atoms with Crippen LogP contribution in [0.4, 0.5) is 5.69 Å². The molecule has 0 aliphatic carbocycles. The molecule has 0 spiro atoms. The number of imidazole rings is 1. The van der Waals surface area contributed by atoms with Gasteiger partial charge in [-0.3, -0.25) is 4.79 Å². The minimum atomic E-state index is -3.61. The molecule has 3 aromatic rings. The van der Waals surface area contributed by atoms with Crippen LogP contribution >= 0.6 is 0 Å². The van der Waals surface area contributed by atoms with Crippen molar-refractivity contribution >= 4 is 21.6 Å². The Labute approximate surface area is 168 Å². The molecule has 0 atom stereocenters. The van der Waals surface area contributed by atoms with Gasteiger partial charge >= 0.3 is 0 Å². The molecular weight excluding hydrogens is 394 g/mol. The van der Waals surface area contributed by atoms with Crippen LogP contribution in [0, 0.1) is 0 Å². The fourth-order valence-electron chi connectivity index (χ4n) is 3.25. The number of anilines is 1. The van der Waals surface area contributed by atoms with Gasteiger partial charge in [0, 0.05) is 36.6 Å². The second-order valence-electron chi connectivity index (χ2n) is 6.85. The van der Waals surface area contributed by atoms with E-state index >= 15 is 0 Å². The van der Waals surface area contributed by atoms with Crippen LogP contribution < -0.4 is 5.32 Å². The van der Waals surface area contributed by atoms with Crippen molar-refractivity contribution < 1.29 is 17.7 Å². The summed E-state index contributed by atoms with van der Waals surface area (Å²) in [6.45, 7) is 0.992. The van der Waals surface area contributed by atoms with Gasteiger partial charge in [0.25, 0.3) is 10.0 Å². The lowest BCUT2D eigenvalue weighted by atomic mass is 10.1. The third-order valence-corrected chi connectivity index (χ3v) is 6.53.